The van der Waals surface area contributed by atoms with Crippen molar-refractivity contribution in [3.63, 3.8) is 0 Å². The van der Waals surface area contributed by atoms with Crippen LogP contribution in [-0.2, 0) is 6.54 Å². The Morgan fingerprint density at radius 1 is 1.14 bits per heavy atom. The van der Waals surface area contributed by atoms with E-state index >= 15 is 0 Å². The van der Waals surface area contributed by atoms with Crippen molar-refractivity contribution in [2.75, 3.05) is 20.0 Å². The largest absolute Gasteiger partial charge is 0.497 e. The molecular weight excluding hydrogens is 268 g/mol. The molecule has 110 valence electrons. The summed E-state index contributed by atoms with van der Waals surface area (Å²) >= 11 is 0. The molecule has 2 rings (SSSR count). The minimum Gasteiger partial charge on any atom is -0.497 e. The molecule has 0 fully saturated rings. The summed E-state index contributed by atoms with van der Waals surface area (Å²) in [5, 5.41) is 2.84. The van der Waals surface area contributed by atoms with Crippen molar-refractivity contribution >= 4 is 11.6 Å². The highest BCUT2D eigenvalue weighted by molar-refractivity contribution is 5.97. The van der Waals surface area contributed by atoms with E-state index in [9.17, 15) is 4.79 Å². The first-order valence-electron chi connectivity index (χ1n) is 6.48. The van der Waals surface area contributed by atoms with Gasteiger partial charge in [0.15, 0.2) is 0 Å². The number of anilines is 1. The van der Waals surface area contributed by atoms with Gasteiger partial charge in [-0.2, -0.15) is 0 Å². The molecule has 2 aromatic carbocycles. The van der Waals surface area contributed by atoms with Crippen LogP contribution in [0.25, 0.3) is 0 Å². The van der Waals surface area contributed by atoms with Crippen molar-refractivity contribution < 1.29 is 14.3 Å². The molecule has 5 nitrogen and oxygen atoms in total. The van der Waals surface area contributed by atoms with Gasteiger partial charge in [0.1, 0.15) is 11.5 Å². The number of benzene rings is 2. The zero-order valence-electron chi connectivity index (χ0n) is 12.1. The number of carbonyl (C=O) groups is 1. The fourth-order valence-corrected chi connectivity index (χ4v) is 1.96. The lowest BCUT2D eigenvalue weighted by Crippen LogP contribution is -2.23. The molecule has 0 aliphatic rings. The maximum absolute atomic E-state index is 12.2. The number of ether oxygens (including phenoxy) is 2. The molecule has 0 radical (unpaired) electrons. The summed E-state index contributed by atoms with van der Waals surface area (Å²) in [6.45, 7) is 0.397. The van der Waals surface area contributed by atoms with Crippen molar-refractivity contribution in [3.05, 3.63) is 53.6 Å². The molecule has 0 spiro atoms. The summed E-state index contributed by atoms with van der Waals surface area (Å²) in [7, 11) is 3.12. The molecule has 0 unspecified atom stereocenters. The molecule has 1 amide bonds. The zero-order valence-corrected chi connectivity index (χ0v) is 12.1. The van der Waals surface area contributed by atoms with Crippen molar-refractivity contribution in [2.45, 2.75) is 6.54 Å². The van der Waals surface area contributed by atoms with Gasteiger partial charge in [-0.25, -0.2) is 0 Å². The number of hydrogen-bond acceptors (Lipinski definition) is 4. The summed E-state index contributed by atoms with van der Waals surface area (Å²) in [6, 6.07) is 12.5. The number of carbonyl (C=O) groups excluding carboxylic acids is 1. The van der Waals surface area contributed by atoms with Crippen molar-refractivity contribution in [3.8, 4) is 11.5 Å². The Balaban J connectivity index is 2.09. The number of nitrogens with one attached hydrogen (secondary N) is 1. The summed E-state index contributed by atoms with van der Waals surface area (Å²) in [5.74, 6) is 1.01. The Bertz CT molecular complexity index is 641. The van der Waals surface area contributed by atoms with Crippen LogP contribution in [-0.4, -0.2) is 20.1 Å². The average molecular weight is 286 g/mol. The normalized spacial score (nSPS) is 10.0. The van der Waals surface area contributed by atoms with Gasteiger partial charge in [0.25, 0.3) is 5.91 Å². The van der Waals surface area contributed by atoms with Crippen LogP contribution in [0, 0.1) is 0 Å². The molecule has 0 bridgehead atoms. The smallest absolute Gasteiger partial charge is 0.255 e. The Morgan fingerprint density at radius 3 is 2.67 bits per heavy atom. The van der Waals surface area contributed by atoms with E-state index in [2.05, 4.69) is 5.32 Å². The fraction of sp³-hybridized carbons (Fsp3) is 0.188. The predicted octanol–water partition coefficient (Wildman–Crippen LogP) is 2.22. The number of hydrogen-bond donors (Lipinski definition) is 2. The monoisotopic (exact) mass is 286 g/mol. The van der Waals surface area contributed by atoms with Gasteiger partial charge in [0.2, 0.25) is 0 Å². The molecule has 0 heterocycles. The second-order valence-corrected chi connectivity index (χ2v) is 4.49. The van der Waals surface area contributed by atoms with E-state index in [1.807, 2.05) is 24.3 Å². The Labute approximate surface area is 123 Å². The van der Waals surface area contributed by atoms with Crippen LogP contribution in [0.4, 0.5) is 5.69 Å². The molecule has 0 aromatic heterocycles. The van der Waals surface area contributed by atoms with Gasteiger partial charge in [-0.3, -0.25) is 4.79 Å². The summed E-state index contributed by atoms with van der Waals surface area (Å²) in [4.78, 5) is 12.2. The quantitative estimate of drug-likeness (QED) is 0.827. The third kappa shape index (κ3) is 3.66. The first-order valence-corrected chi connectivity index (χ1v) is 6.48. The Kier molecular flexibility index (Phi) is 4.66. The molecule has 0 atom stereocenters. The van der Waals surface area contributed by atoms with Crippen LogP contribution in [0.1, 0.15) is 15.9 Å². The predicted molar refractivity (Wildman–Crippen MR) is 81.6 cm³/mol. The van der Waals surface area contributed by atoms with Gasteiger partial charge in [0, 0.05) is 12.2 Å². The van der Waals surface area contributed by atoms with Gasteiger partial charge >= 0.3 is 0 Å². The first kappa shape index (κ1) is 14.7. The van der Waals surface area contributed by atoms with Crippen LogP contribution in [0.15, 0.2) is 42.5 Å². The van der Waals surface area contributed by atoms with Gasteiger partial charge in [0.05, 0.1) is 19.8 Å². The van der Waals surface area contributed by atoms with E-state index in [1.54, 1.807) is 25.3 Å². The van der Waals surface area contributed by atoms with Crippen molar-refractivity contribution in [2.24, 2.45) is 0 Å². The van der Waals surface area contributed by atoms with E-state index in [0.717, 1.165) is 11.3 Å². The zero-order chi connectivity index (χ0) is 15.2. The Hall–Kier alpha value is -2.69. The summed E-state index contributed by atoms with van der Waals surface area (Å²) in [6.07, 6.45) is 0. The molecule has 5 heteroatoms. The first-order chi connectivity index (χ1) is 10.1. The van der Waals surface area contributed by atoms with Crippen LogP contribution in [0.2, 0.25) is 0 Å². The fourth-order valence-electron chi connectivity index (χ4n) is 1.96. The lowest BCUT2D eigenvalue weighted by Gasteiger charge is -2.10. The summed E-state index contributed by atoms with van der Waals surface area (Å²) < 4.78 is 10.3. The van der Waals surface area contributed by atoms with Crippen LogP contribution >= 0.6 is 0 Å². The van der Waals surface area contributed by atoms with Gasteiger partial charge in [-0.05, 0) is 35.9 Å². The minimum absolute atomic E-state index is 0.234. The number of amides is 1. The number of nitrogens with two attached hydrogens (primary N) is 1. The molecule has 0 aliphatic heterocycles. The molecule has 3 N–H and O–H groups in total. The second-order valence-electron chi connectivity index (χ2n) is 4.49. The van der Waals surface area contributed by atoms with E-state index in [4.69, 9.17) is 15.2 Å². The van der Waals surface area contributed by atoms with Crippen LogP contribution < -0.4 is 20.5 Å². The molecule has 0 saturated heterocycles. The van der Waals surface area contributed by atoms with Gasteiger partial charge in [-0.15, -0.1) is 0 Å². The third-order valence-corrected chi connectivity index (χ3v) is 3.06. The molecule has 2 aromatic rings. The number of rotatable bonds is 5. The lowest BCUT2D eigenvalue weighted by atomic mass is 10.1. The average Bonchev–Trinajstić information content (AvgIpc) is 2.52. The maximum Gasteiger partial charge on any atom is 0.255 e. The highest BCUT2D eigenvalue weighted by Gasteiger charge is 2.12. The van der Waals surface area contributed by atoms with Crippen LogP contribution in [0.5, 0.6) is 11.5 Å². The second kappa shape index (κ2) is 6.65. The topological polar surface area (TPSA) is 73.6 Å². The molecule has 21 heavy (non-hydrogen) atoms. The standard InChI is InChI=1S/C16H18N2O3/c1-20-13-5-3-4-11(8-13)10-18-16(19)14-9-12(17)6-7-15(14)21-2/h3-9H,10,17H2,1-2H3,(H,18,19). The minimum atomic E-state index is -0.234. The number of methoxy groups -OCH3 is 2. The van der Waals surface area contributed by atoms with Gasteiger partial charge in [-0.1, -0.05) is 12.1 Å². The van der Waals surface area contributed by atoms with Crippen molar-refractivity contribution in [1.29, 1.82) is 0 Å². The molecule has 0 saturated carbocycles. The van der Waals surface area contributed by atoms with Crippen molar-refractivity contribution in [1.82, 2.24) is 5.32 Å². The van der Waals surface area contributed by atoms with E-state index in [-0.39, 0.29) is 5.91 Å². The van der Waals surface area contributed by atoms with Crippen LogP contribution in [0.3, 0.4) is 0 Å². The third-order valence-electron chi connectivity index (χ3n) is 3.06. The highest BCUT2D eigenvalue weighted by atomic mass is 16.5. The summed E-state index contributed by atoms with van der Waals surface area (Å²) in [5.41, 5.74) is 7.60. The Morgan fingerprint density at radius 2 is 1.95 bits per heavy atom. The highest BCUT2D eigenvalue weighted by Crippen LogP contribution is 2.21. The van der Waals surface area contributed by atoms with Gasteiger partial charge < -0.3 is 20.5 Å². The number of nitrogen functional groups attached to an aromatic ring is 1. The molecule has 0 aliphatic carbocycles. The molecular formula is C16H18N2O3. The van der Waals surface area contributed by atoms with E-state index in [1.165, 1.54) is 7.11 Å². The lowest BCUT2D eigenvalue weighted by molar-refractivity contribution is 0.0948. The maximum atomic E-state index is 12.2. The van der Waals surface area contributed by atoms with E-state index < -0.39 is 0 Å². The SMILES string of the molecule is COc1cccc(CNC(=O)c2cc(N)ccc2OC)c1. The van der Waals surface area contributed by atoms with E-state index in [0.29, 0.717) is 23.5 Å².